The number of unbranched alkanes of at least 4 members (excludes halogenated alkanes) is 14. The summed E-state index contributed by atoms with van der Waals surface area (Å²) >= 11 is 2.08. The van der Waals surface area contributed by atoms with E-state index in [4.69, 9.17) is 0 Å². The Morgan fingerprint density at radius 2 is 1.12 bits per heavy atom. The molecule has 2 rings (SSSR count). The van der Waals surface area contributed by atoms with Crippen LogP contribution in [0.15, 0.2) is 20.6 Å². The van der Waals surface area contributed by atoms with Gasteiger partial charge in [0.25, 0.3) is 0 Å². The summed E-state index contributed by atoms with van der Waals surface area (Å²) in [5, 5.41) is 1.80. The molecule has 0 aliphatic rings. The summed E-state index contributed by atoms with van der Waals surface area (Å²) in [7, 11) is -4.27. The summed E-state index contributed by atoms with van der Waals surface area (Å²) in [5.74, 6) is -0.0718. The third-order valence-corrected chi connectivity index (χ3v) is 12.6. The van der Waals surface area contributed by atoms with Gasteiger partial charge in [-0.3, -0.25) is 0 Å². The van der Waals surface area contributed by atoms with Gasteiger partial charge in [-0.25, -0.2) is 8.42 Å². The molecule has 0 aliphatic carbocycles. The Morgan fingerprint density at radius 1 is 0.643 bits per heavy atom. The number of alkyl halides is 6. The van der Waals surface area contributed by atoms with E-state index >= 15 is 0 Å². The van der Waals surface area contributed by atoms with Crippen LogP contribution >= 0.6 is 34.4 Å². The van der Waals surface area contributed by atoms with Gasteiger partial charge >= 0.3 is 12.4 Å². The zero-order valence-corrected chi connectivity index (χ0v) is 27.9. The van der Waals surface area contributed by atoms with Crippen LogP contribution in [0.4, 0.5) is 26.3 Å². The molecule has 2 nitrogen and oxygen atoms in total. The van der Waals surface area contributed by atoms with Crippen molar-refractivity contribution in [2.24, 2.45) is 0 Å². The molecule has 0 bridgehead atoms. The molecule has 0 saturated heterocycles. The second kappa shape index (κ2) is 18.3. The van der Waals surface area contributed by atoms with E-state index in [1.807, 2.05) is 0 Å². The second-order valence-electron chi connectivity index (χ2n) is 10.7. The van der Waals surface area contributed by atoms with Crippen LogP contribution in [0.1, 0.15) is 128 Å². The van der Waals surface area contributed by atoms with E-state index in [9.17, 15) is 34.8 Å². The number of thioether (sulfide) groups is 1. The van der Waals surface area contributed by atoms with Crippen LogP contribution in [0.5, 0.6) is 0 Å². The molecule has 0 aliphatic heterocycles. The Hall–Kier alpha value is -0.720. The first-order valence-electron chi connectivity index (χ1n) is 15.1. The van der Waals surface area contributed by atoms with Crippen molar-refractivity contribution in [3.05, 3.63) is 21.9 Å². The Balaban J connectivity index is 2.20. The van der Waals surface area contributed by atoms with Gasteiger partial charge in [0.2, 0.25) is 0 Å². The van der Waals surface area contributed by atoms with Crippen molar-refractivity contribution < 1.29 is 34.8 Å². The number of hydrogen-bond acceptors (Lipinski definition) is 5. The predicted molar refractivity (Wildman–Crippen MR) is 166 cm³/mol. The van der Waals surface area contributed by atoms with Crippen molar-refractivity contribution in [2.45, 2.75) is 139 Å². The minimum atomic E-state index is -5.03. The Bertz CT molecular complexity index is 1150. The van der Waals surface area contributed by atoms with Crippen LogP contribution in [0.2, 0.25) is 0 Å². The number of thiophene rings is 2. The Labute approximate surface area is 260 Å². The lowest BCUT2D eigenvalue weighted by Crippen LogP contribution is -2.14. The fourth-order valence-corrected chi connectivity index (χ4v) is 10.6. The molecule has 42 heavy (non-hydrogen) atoms. The monoisotopic (exact) mass is 678 g/mol. The molecule has 0 unspecified atom stereocenters. The maximum absolute atomic E-state index is 14.3. The lowest BCUT2D eigenvalue weighted by atomic mass is 10.1. The van der Waals surface area contributed by atoms with E-state index in [2.05, 4.69) is 13.8 Å². The van der Waals surface area contributed by atoms with Crippen LogP contribution in [0, 0.1) is 0 Å². The average molecular weight is 679 g/mol. The molecule has 2 aromatic rings. The van der Waals surface area contributed by atoms with E-state index in [1.54, 1.807) is 0 Å². The molecule has 0 N–H and O–H groups in total. The van der Waals surface area contributed by atoms with E-state index in [0.29, 0.717) is 41.3 Å². The van der Waals surface area contributed by atoms with Gasteiger partial charge in [-0.15, -0.1) is 34.4 Å². The first kappa shape index (κ1) is 37.5. The molecule has 0 atom stereocenters. The largest absolute Gasteiger partial charge is 0.419 e. The number of hydrogen-bond donors (Lipinski definition) is 0. The molecule has 12 heteroatoms. The van der Waals surface area contributed by atoms with Gasteiger partial charge in [-0.05, 0) is 18.6 Å². The van der Waals surface area contributed by atoms with E-state index in [-0.39, 0.29) is 16.2 Å². The van der Waals surface area contributed by atoms with Crippen molar-refractivity contribution in [3.8, 4) is 9.75 Å². The summed E-state index contributed by atoms with van der Waals surface area (Å²) < 4.78 is 111. The van der Waals surface area contributed by atoms with E-state index < -0.39 is 48.8 Å². The average Bonchev–Trinajstić information content (AvgIpc) is 3.54. The minimum Gasteiger partial charge on any atom is -0.224 e. The maximum Gasteiger partial charge on any atom is 0.419 e. The predicted octanol–water partition coefficient (Wildman–Crippen LogP) is 12.7. The number of sulfone groups is 1. The van der Waals surface area contributed by atoms with Crippen molar-refractivity contribution in [3.63, 3.8) is 0 Å². The molecular weight excluding hydrogens is 635 g/mol. The normalized spacial score (nSPS) is 12.9. The van der Waals surface area contributed by atoms with Crippen LogP contribution in [0.25, 0.3) is 9.75 Å². The van der Waals surface area contributed by atoms with Gasteiger partial charge in [0.1, 0.15) is 0 Å². The van der Waals surface area contributed by atoms with Gasteiger partial charge in [-0.2, -0.15) is 26.3 Å². The van der Waals surface area contributed by atoms with Crippen molar-refractivity contribution in [1.29, 1.82) is 0 Å². The third kappa shape index (κ3) is 12.0. The van der Waals surface area contributed by atoms with Gasteiger partial charge in [0, 0.05) is 15.7 Å². The van der Waals surface area contributed by atoms with Crippen molar-refractivity contribution in [1.82, 2.24) is 0 Å². The molecule has 0 amide bonds. The number of halogens is 6. The van der Waals surface area contributed by atoms with Gasteiger partial charge < -0.3 is 0 Å². The molecule has 2 heterocycles. The summed E-state index contributed by atoms with van der Waals surface area (Å²) in [6.07, 6.45) is 5.41. The van der Waals surface area contributed by atoms with Crippen LogP contribution < -0.4 is 0 Å². The Morgan fingerprint density at radius 3 is 1.62 bits per heavy atom. The quantitative estimate of drug-likeness (QED) is 0.0749. The first-order valence-corrected chi connectivity index (χ1v) is 19.5. The van der Waals surface area contributed by atoms with E-state index in [0.717, 1.165) is 99.6 Å². The highest BCUT2D eigenvalue weighted by Crippen LogP contribution is 2.52. The first-order chi connectivity index (χ1) is 19.8. The second-order valence-corrected chi connectivity index (χ2v) is 15.7. The van der Waals surface area contributed by atoms with Crippen LogP contribution in [0.3, 0.4) is 0 Å². The fraction of sp³-hybridized carbons (Fsp3) is 0.733. The summed E-state index contributed by atoms with van der Waals surface area (Å²) in [6.45, 7) is 4.25. The zero-order valence-electron chi connectivity index (χ0n) is 24.6. The molecule has 0 saturated carbocycles. The standard InChI is InChI=1S/C30H44F6O2S4/c1-3-5-7-9-11-13-15-17-19-39-26-23(29(31,32)33)21-40-28(26)27-25(30(34,35)36)24(22-41-27)42(37,38)20-18-16-14-12-10-8-6-4-2/h21-22H,3-20H2,1-2H3. The highest BCUT2D eigenvalue weighted by atomic mass is 32.2. The number of rotatable bonds is 21. The van der Waals surface area contributed by atoms with Gasteiger partial charge in [0.15, 0.2) is 9.84 Å². The fourth-order valence-electron chi connectivity index (χ4n) is 4.80. The third-order valence-electron chi connectivity index (χ3n) is 7.14. The smallest absolute Gasteiger partial charge is 0.224 e. The molecule has 0 aromatic carbocycles. The van der Waals surface area contributed by atoms with Gasteiger partial charge in [-0.1, -0.05) is 104 Å². The highest BCUT2D eigenvalue weighted by molar-refractivity contribution is 7.99. The summed E-state index contributed by atoms with van der Waals surface area (Å²) in [4.78, 5) is -1.66. The summed E-state index contributed by atoms with van der Waals surface area (Å²) in [6, 6.07) is 0. The molecule has 2 aromatic heterocycles. The summed E-state index contributed by atoms with van der Waals surface area (Å²) in [5.41, 5.74) is -2.30. The minimum absolute atomic E-state index is 0.155. The zero-order chi connectivity index (χ0) is 31.2. The van der Waals surface area contributed by atoms with E-state index in [1.165, 1.54) is 6.42 Å². The topological polar surface area (TPSA) is 34.1 Å². The molecule has 0 spiro atoms. The molecular formula is C30H44F6O2S4. The van der Waals surface area contributed by atoms with Gasteiger partial charge in [0.05, 0.1) is 31.5 Å². The highest BCUT2D eigenvalue weighted by Gasteiger charge is 2.43. The van der Waals surface area contributed by atoms with Crippen molar-refractivity contribution >= 4 is 44.3 Å². The van der Waals surface area contributed by atoms with Crippen molar-refractivity contribution in [2.75, 3.05) is 11.5 Å². The van der Waals surface area contributed by atoms with Crippen LogP contribution in [-0.2, 0) is 22.2 Å². The molecule has 0 fully saturated rings. The SMILES string of the molecule is CCCCCCCCCCSc1c(C(F)(F)F)csc1-c1scc(S(=O)(=O)CCCCCCCCCC)c1C(F)(F)F. The lowest BCUT2D eigenvalue weighted by molar-refractivity contribution is -0.139. The molecule has 242 valence electrons. The lowest BCUT2D eigenvalue weighted by Gasteiger charge is -2.14. The Kier molecular flexibility index (Phi) is 16.3. The van der Waals surface area contributed by atoms with Crippen LogP contribution in [-0.4, -0.2) is 19.9 Å². The maximum atomic E-state index is 14.3. The molecule has 0 radical (unpaired) electrons.